The smallest absolute Gasteiger partial charge is 0.165 e. The number of hydrogen-bond acceptors (Lipinski definition) is 5. The molecule has 33 heavy (non-hydrogen) atoms. The molecule has 0 radical (unpaired) electrons. The maximum absolute atomic E-state index is 10.5. The lowest BCUT2D eigenvalue weighted by Crippen LogP contribution is -2.37. The zero-order valence-corrected chi connectivity index (χ0v) is 18.1. The SMILES string of the molecule is OCC1(O)CCC(c2nc3c(-c4ccc(-c5ccccc5)nc4)cnn3c3[nH]ccc23)CC1. The largest absolute Gasteiger partial charge is 0.393 e. The van der Waals surface area contributed by atoms with Crippen LogP contribution in [0.25, 0.3) is 39.1 Å². The molecule has 0 saturated heterocycles. The highest BCUT2D eigenvalue weighted by molar-refractivity contribution is 5.86. The van der Waals surface area contributed by atoms with Gasteiger partial charge in [0.05, 0.1) is 29.8 Å². The molecule has 7 nitrogen and oxygen atoms in total. The van der Waals surface area contributed by atoms with Gasteiger partial charge in [-0.15, -0.1) is 0 Å². The molecule has 1 aromatic carbocycles. The van der Waals surface area contributed by atoms with Crippen molar-refractivity contribution in [2.45, 2.75) is 37.2 Å². The van der Waals surface area contributed by atoms with Gasteiger partial charge in [-0.3, -0.25) is 4.98 Å². The van der Waals surface area contributed by atoms with E-state index in [-0.39, 0.29) is 12.5 Å². The first-order valence-electron chi connectivity index (χ1n) is 11.3. The molecule has 4 aromatic heterocycles. The van der Waals surface area contributed by atoms with Crippen LogP contribution in [0.4, 0.5) is 0 Å². The third-order valence-electron chi connectivity index (χ3n) is 6.92. The molecule has 3 N–H and O–H groups in total. The number of H-pyrrole nitrogens is 1. The van der Waals surface area contributed by atoms with Gasteiger partial charge in [-0.1, -0.05) is 36.4 Å². The Balaban J connectivity index is 1.41. The maximum Gasteiger partial charge on any atom is 0.165 e. The lowest BCUT2D eigenvalue weighted by atomic mass is 9.77. The van der Waals surface area contributed by atoms with Gasteiger partial charge in [0.2, 0.25) is 0 Å². The van der Waals surface area contributed by atoms with Gasteiger partial charge in [-0.25, -0.2) is 4.98 Å². The average Bonchev–Trinajstić information content (AvgIpc) is 3.52. The highest BCUT2D eigenvalue weighted by Crippen LogP contribution is 2.40. The molecule has 6 rings (SSSR count). The van der Waals surface area contributed by atoms with Crippen LogP contribution in [0.2, 0.25) is 0 Å². The molecule has 1 aliphatic rings. The molecular weight excluding hydrogens is 414 g/mol. The average molecular weight is 440 g/mol. The highest BCUT2D eigenvalue weighted by Gasteiger charge is 2.34. The molecule has 0 spiro atoms. The van der Waals surface area contributed by atoms with Gasteiger partial charge in [0.15, 0.2) is 5.65 Å². The van der Waals surface area contributed by atoms with E-state index in [1.165, 1.54) is 0 Å². The van der Waals surface area contributed by atoms with E-state index in [1.807, 2.05) is 53.4 Å². The number of fused-ring (bicyclic) bond motifs is 3. The Morgan fingerprint density at radius 2 is 1.82 bits per heavy atom. The number of rotatable bonds is 4. The molecule has 4 heterocycles. The van der Waals surface area contributed by atoms with E-state index in [1.54, 1.807) is 0 Å². The van der Waals surface area contributed by atoms with Crippen LogP contribution in [0.5, 0.6) is 0 Å². The fourth-order valence-electron chi connectivity index (χ4n) is 4.96. The van der Waals surface area contributed by atoms with Gasteiger partial charge in [0.1, 0.15) is 5.65 Å². The Morgan fingerprint density at radius 3 is 2.55 bits per heavy atom. The first-order valence-corrected chi connectivity index (χ1v) is 11.3. The third kappa shape index (κ3) is 3.41. The van der Waals surface area contributed by atoms with Crippen molar-refractivity contribution < 1.29 is 10.2 Å². The van der Waals surface area contributed by atoms with Crippen LogP contribution in [0, 0.1) is 0 Å². The van der Waals surface area contributed by atoms with Crippen LogP contribution in [0.3, 0.4) is 0 Å². The number of aromatic amines is 1. The summed E-state index contributed by atoms with van der Waals surface area (Å²) >= 11 is 0. The van der Waals surface area contributed by atoms with Gasteiger partial charge < -0.3 is 15.2 Å². The Kier molecular flexibility index (Phi) is 4.74. The summed E-state index contributed by atoms with van der Waals surface area (Å²) in [6, 6.07) is 16.3. The van der Waals surface area contributed by atoms with Gasteiger partial charge in [0, 0.05) is 40.4 Å². The van der Waals surface area contributed by atoms with Crippen molar-refractivity contribution in [2.24, 2.45) is 0 Å². The van der Waals surface area contributed by atoms with Gasteiger partial charge in [0.25, 0.3) is 0 Å². The zero-order chi connectivity index (χ0) is 22.4. The van der Waals surface area contributed by atoms with Gasteiger partial charge in [-0.2, -0.15) is 9.61 Å². The fraction of sp³-hybridized carbons (Fsp3) is 0.269. The van der Waals surface area contributed by atoms with Gasteiger partial charge >= 0.3 is 0 Å². The molecule has 5 aromatic rings. The molecule has 1 saturated carbocycles. The number of aromatic nitrogens is 5. The highest BCUT2D eigenvalue weighted by atomic mass is 16.3. The van der Waals surface area contributed by atoms with Crippen molar-refractivity contribution in [3.05, 3.63) is 72.8 Å². The van der Waals surface area contributed by atoms with Crippen LogP contribution >= 0.6 is 0 Å². The van der Waals surface area contributed by atoms with Gasteiger partial charge in [-0.05, 0) is 37.8 Å². The Bertz CT molecular complexity index is 1410. The Labute approximate surface area is 190 Å². The molecule has 0 bridgehead atoms. The van der Waals surface area contributed by atoms with E-state index < -0.39 is 5.60 Å². The summed E-state index contributed by atoms with van der Waals surface area (Å²) < 4.78 is 1.85. The number of aliphatic hydroxyl groups is 2. The summed E-state index contributed by atoms with van der Waals surface area (Å²) in [5, 5.41) is 25.7. The summed E-state index contributed by atoms with van der Waals surface area (Å²) in [5.41, 5.74) is 5.66. The minimum Gasteiger partial charge on any atom is -0.393 e. The summed E-state index contributed by atoms with van der Waals surface area (Å²) in [6.07, 6.45) is 8.36. The summed E-state index contributed by atoms with van der Waals surface area (Å²) in [6.45, 7) is -0.190. The van der Waals surface area contributed by atoms with E-state index in [0.717, 1.165) is 57.6 Å². The number of hydrogen-bond donors (Lipinski definition) is 3. The first-order chi connectivity index (χ1) is 16.1. The van der Waals surface area contributed by atoms with Crippen LogP contribution in [-0.4, -0.2) is 47.0 Å². The zero-order valence-electron chi connectivity index (χ0n) is 18.1. The second-order valence-electron chi connectivity index (χ2n) is 8.99. The fourth-order valence-corrected chi connectivity index (χ4v) is 4.96. The van der Waals surface area contributed by atoms with Crippen LogP contribution in [-0.2, 0) is 0 Å². The first kappa shape index (κ1) is 20.1. The van der Waals surface area contributed by atoms with Crippen molar-refractivity contribution in [1.29, 1.82) is 0 Å². The molecule has 166 valence electrons. The second kappa shape index (κ2) is 7.79. The lowest BCUT2D eigenvalue weighted by Gasteiger charge is -2.34. The Morgan fingerprint density at radius 1 is 1.00 bits per heavy atom. The van der Waals surface area contributed by atoms with Crippen molar-refractivity contribution in [1.82, 2.24) is 24.6 Å². The topological polar surface area (TPSA) is 99.3 Å². The number of benzene rings is 1. The van der Waals surface area contributed by atoms with Crippen molar-refractivity contribution in [3.63, 3.8) is 0 Å². The normalized spacial score (nSPS) is 21.1. The summed E-state index contributed by atoms with van der Waals surface area (Å²) in [5.74, 6) is 0.224. The minimum absolute atomic E-state index is 0.190. The molecule has 0 amide bonds. The molecule has 1 fully saturated rings. The molecule has 0 unspecified atom stereocenters. The number of nitrogens with one attached hydrogen (secondary N) is 1. The van der Waals surface area contributed by atoms with E-state index in [0.29, 0.717) is 12.8 Å². The van der Waals surface area contributed by atoms with E-state index >= 15 is 0 Å². The number of nitrogens with zero attached hydrogens (tertiary/aromatic N) is 4. The molecule has 0 atom stereocenters. The van der Waals surface area contributed by atoms with Crippen LogP contribution in [0.15, 0.2) is 67.1 Å². The predicted octanol–water partition coefficient (Wildman–Crippen LogP) is 4.32. The molecule has 0 aliphatic heterocycles. The number of pyridine rings is 1. The molecular formula is C26H25N5O2. The lowest BCUT2D eigenvalue weighted by molar-refractivity contribution is -0.0457. The predicted molar refractivity (Wildman–Crippen MR) is 127 cm³/mol. The number of aliphatic hydroxyl groups excluding tert-OH is 1. The maximum atomic E-state index is 10.5. The van der Waals surface area contributed by atoms with E-state index in [2.05, 4.69) is 33.3 Å². The Hall–Kier alpha value is -3.55. The summed E-state index contributed by atoms with van der Waals surface area (Å²) in [7, 11) is 0. The molecule has 7 heteroatoms. The standard InChI is InChI=1S/C26H25N5O2/c32-16-26(33)11-8-18(9-12-26)23-20-10-13-27-24(20)31-25(30-23)21(15-29-31)19-6-7-22(28-14-19)17-4-2-1-3-5-17/h1-7,10,13-15,18,27,32-33H,8-9,11-12,16H2. The third-order valence-corrected chi connectivity index (χ3v) is 6.92. The molecule has 1 aliphatic carbocycles. The monoisotopic (exact) mass is 439 g/mol. The minimum atomic E-state index is -0.966. The van der Waals surface area contributed by atoms with Crippen molar-refractivity contribution >= 4 is 16.7 Å². The van der Waals surface area contributed by atoms with Crippen molar-refractivity contribution in [3.8, 4) is 22.4 Å². The summed E-state index contributed by atoms with van der Waals surface area (Å²) in [4.78, 5) is 13.1. The van der Waals surface area contributed by atoms with E-state index in [4.69, 9.17) is 4.98 Å². The van der Waals surface area contributed by atoms with Crippen LogP contribution < -0.4 is 0 Å². The van der Waals surface area contributed by atoms with Crippen molar-refractivity contribution in [2.75, 3.05) is 6.61 Å². The van der Waals surface area contributed by atoms with E-state index in [9.17, 15) is 10.2 Å². The second-order valence-corrected chi connectivity index (χ2v) is 8.99. The quantitative estimate of drug-likeness (QED) is 0.387. The van der Waals surface area contributed by atoms with Crippen LogP contribution in [0.1, 0.15) is 37.3 Å².